The number of nitrogens with zero attached hydrogens (tertiary/aromatic N) is 2. The first-order chi connectivity index (χ1) is 9.10. The summed E-state index contributed by atoms with van der Waals surface area (Å²) in [6, 6.07) is 8.25. The number of nitro groups is 1. The molecule has 0 spiro atoms. The molecule has 0 amide bonds. The van der Waals surface area contributed by atoms with E-state index in [1.807, 2.05) is 6.07 Å². The average molecular weight is 294 g/mol. The SMILES string of the molecule is N#Cc1csc(CNc2ccc(Cl)cc2[N+](=O)[O-])c1. The van der Waals surface area contributed by atoms with E-state index in [4.69, 9.17) is 16.9 Å². The molecule has 0 atom stereocenters. The van der Waals surface area contributed by atoms with Crippen LogP contribution in [0.5, 0.6) is 0 Å². The lowest BCUT2D eigenvalue weighted by molar-refractivity contribution is -0.383. The van der Waals surface area contributed by atoms with Crippen LogP contribution < -0.4 is 5.32 Å². The van der Waals surface area contributed by atoms with Crippen LogP contribution in [0, 0.1) is 21.4 Å². The molecule has 0 unspecified atom stereocenters. The van der Waals surface area contributed by atoms with Gasteiger partial charge in [0.15, 0.2) is 0 Å². The van der Waals surface area contributed by atoms with E-state index in [2.05, 4.69) is 5.32 Å². The lowest BCUT2D eigenvalue weighted by Gasteiger charge is -2.05. The van der Waals surface area contributed by atoms with Gasteiger partial charge in [-0.25, -0.2) is 0 Å². The summed E-state index contributed by atoms with van der Waals surface area (Å²) < 4.78 is 0. The molecule has 1 heterocycles. The third kappa shape index (κ3) is 3.22. The van der Waals surface area contributed by atoms with Crippen LogP contribution in [0.4, 0.5) is 11.4 Å². The summed E-state index contributed by atoms with van der Waals surface area (Å²) in [7, 11) is 0. The molecule has 0 aliphatic carbocycles. The number of rotatable bonds is 4. The highest BCUT2D eigenvalue weighted by Crippen LogP contribution is 2.28. The van der Waals surface area contributed by atoms with Gasteiger partial charge in [0.2, 0.25) is 0 Å². The van der Waals surface area contributed by atoms with Crippen molar-refractivity contribution in [1.82, 2.24) is 0 Å². The van der Waals surface area contributed by atoms with Crippen molar-refractivity contribution in [1.29, 1.82) is 5.26 Å². The Morgan fingerprint density at radius 2 is 2.26 bits per heavy atom. The molecular weight excluding hydrogens is 286 g/mol. The van der Waals surface area contributed by atoms with E-state index < -0.39 is 4.92 Å². The van der Waals surface area contributed by atoms with Gasteiger partial charge >= 0.3 is 0 Å². The van der Waals surface area contributed by atoms with Gasteiger partial charge < -0.3 is 5.32 Å². The zero-order valence-corrected chi connectivity index (χ0v) is 11.2. The third-order valence-corrected chi connectivity index (χ3v) is 3.56. The van der Waals surface area contributed by atoms with Gasteiger partial charge in [-0.2, -0.15) is 5.26 Å². The van der Waals surface area contributed by atoms with E-state index >= 15 is 0 Å². The maximum Gasteiger partial charge on any atom is 0.293 e. The molecule has 96 valence electrons. The smallest absolute Gasteiger partial charge is 0.293 e. The summed E-state index contributed by atoms with van der Waals surface area (Å²) in [5.74, 6) is 0. The van der Waals surface area contributed by atoms with Crippen LogP contribution in [-0.2, 0) is 6.54 Å². The average Bonchev–Trinajstić information content (AvgIpc) is 2.85. The fourth-order valence-corrected chi connectivity index (χ4v) is 2.44. The molecule has 19 heavy (non-hydrogen) atoms. The maximum atomic E-state index is 10.9. The molecule has 0 fully saturated rings. The predicted octanol–water partition coefficient (Wildman–Crippen LogP) is 3.79. The Hall–Kier alpha value is -2.10. The van der Waals surface area contributed by atoms with E-state index in [0.29, 0.717) is 22.8 Å². The largest absolute Gasteiger partial charge is 0.375 e. The lowest BCUT2D eigenvalue weighted by Crippen LogP contribution is -2.01. The van der Waals surface area contributed by atoms with Gasteiger partial charge in [-0.05, 0) is 18.2 Å². The summed E-state index contributed by atoms with van der Waals surface area (Å²) in [6.07, 6.45) is 0. The van der Waals surface area contributed by atoms with Crippen molar-refractivity contribution in [2.45, 2.75) is 6.54 Å². The number of nitro benzene ring substituents is 1. The molecule has 1 N–H and O–H groups in total. The first-order valence-corrected chi connectivity index (χ1v) is 6.51. The predicted molar refractivity (Wildman–Crippen MR) is 74.5 cm³/mol. The Morgan fingerprint density at radius 1 is 1.47 bits per heavy atom. The van der Waals surface area contributed by atoms with Crippen LogP contribution in [-0.4, -0.2) is 4.92 Å². The van der Waals surface area contributed by atoms with Crippen molar-refractivity contribution < 1.29 is 4.92 Å². The van der Waals surface area contributed by atoms with E-state index in [-0.39, 0.29) is 5.69 Å². The standard InChI is InChI=1S/C12H8ClN3O2S/c13-9-1-2-11(12(4-9)16(17)18)15-6-10-3-8(5-14)7-19-10/h1-4,7,15H,6H2. The van der Waals surface area contributed by atoms with Gasteiger partial charge in [0, 0.05) is 27.9 Å². The van der Waals surface area contributed by atoms with Crippen LogP contribution in [0.25, 0.3) is 0 Å². The zero-order valence-electron chi connectivity index (χ0n) is 9.59. The molecule has 0 saturated carbocycles. The second-order valence-electron chi connectivity index (χ2n) is 3.69. The van der Waals surface area contributed by atoms with Crippen molar-refractivity contribution in [2.24, 2.45) is 0 Å². The normalized spacial score (nSPS) is 9.89. The van der Waals surface area contributed by atoms with Gasteiger partial charge in [0.25, 0.3) is 5.69 Å². The summed E-state index contributed by atoms with van der Waals surface area (Å²) in [4.78, 5) is 11.4. The summed E-state index contributed by atoms with van der Waals surface area (Å²) in [6.45, 7) is 0.425. The first kappa shape index (κ1) is 13.3. The number of anilines is 1. The second-order valence-corrected chi connectivity index (χ2v) is 5.12. The van der Waals surface area contributed by atoms with Gasteiger partial charge in [-0.1, -0.05) is 11.6 Å². The van der Waals surface area contributed by atoms with Crippen LogP contribution in [0.15, 0.2) is 29.6 Å². The minimum atomic E-state index is -0.483. The monoisotopic (exact) mass is 293 g/mol. The molecule has 1 aromatic heterocycles. The molecular formula is C12H8ClN3O2S. The summed E-state index contributed by atoms with van der Waals surface area (Å²) in [5.41, 5.74) is 0.929. The zero-order chi connectivity index (χ0) is 13.8. The second kappa shape index (κ2) is 5.69. The Bertz CT molecular complexity index is 663. The Kier molecular flexibility index (Phi) is 4.00. The molecule has 0 saturated heterocycles. The molecule has 0 aliphatic rings. The van der Waals surface area contributed by atoms with Crippen molar-refractivity contribution in [3.05, 3.63) is 55.2 Å². The third-order valence-electron chi connectivity index (χ3n) is 2.39. The van der Waals surface area contributed by atoms with E-state index in [1.54, 1.807) is 23.6 Å². The fraction of sp³-hybridized carbons (Fsp3) is 0.0833. The van der Waals surface area contributed by atoms with Crippen LogP contribution in [0.1, 0.15) is 10.4 Å². The highest BCUT2D eigenvalue weighted by Gasteiger charge is 2.14. The molecule has 5 nitrogen and oxygen atoms in total. The Balaban J connectivity index is 2.15. The number of nitriles is 1. The van der Waals surface area contributed by atoms with E-state index in [0.717, 1.165) is 4.88 Å². The number of halogens is 1. The van der Waals surface area contributed by atoms with Gasteiger partial charge in [0.1, 0.15) is 11.8 Å². The summed E-state index contributed by atoms with van der Waals surface area (Å²) in [5, 5.41) is 24.7. The first-order valence-electron chi connectivity index (χ1n) is 5.25. The fourth-order valence-electron chi connectivity index (χ4n) is 1.52. The number of hydrogen-bond acceptors (Lipinski definition) is 5. The topological polar surface area (TPSA) is 79.0 Å². The Labute approximate surface area is 118 Å². The van der Waals surface area contributed by atoms with Crippen LogP contribution in [0.2, 0.25) is 5.02 Å². The minimum absolute atomic E-state index is 0.0652. The van der Waals surface area contributed by atoms with Crippen molar-refractivity contribution in [3.8, 4) is 6.07 Å². The van der Waals surface area contributed by atoms with E-state index in [1.165, 1.54) is 17.4 Å². The number of hydrogen-bond donors (Lipinski definition) is 1. The van der Waals surface area contributed by atoms with Gasteiger partial charge in [-0.15, -0.1) is 11.3 Å². The molecule has 2 aromatic rings. The van der Waals surface area contributed by atoms with Gasteiger partial charge in [0.05, 0.1) is 10.5 Å². The van der Waals surface area contributed by atoms with Gasteiger partial charge in [-0.3, -0.25) is 10.1 Å². The molecule has 0 radical (unpaired) electrons. The van der Waals surface area contributed by atoms with Crippen LogP contribution in [0.3, 0.4) is 0 Å². The highest BCUT2D eigenvalue weighted by molar-refractivity contribution is 7.10. The number of nitrogens with one attached hydrogen (secondary N) is 1. The van der Waals surface area contributed by atoms with Crippen molar-refractivity contribution in [2.75, 3.05) is 5.32 Å². The quantitative estimate of drug-likeness (QED) is 0.687. The summed E-state index contributed by atoms with van der Waals surface area (Å²) >= 11 is 7.16. The van der Waals surface area contributed by atoms with E-state index in [9.17, 15) is 10.1 Å². The number of thiophene rings is 1. The molecule has 1 aromatic carbocycles. The maximum absolute atomic E-state index is 10.9. The minimum Gasteiger partial charge on any atom is -0.375 e. The van der Waals surface area contributed by atoms with Crippen LogP contribution >= 0.6 is 22.9 Å². The highest BCUT2D eigenvalue weighted by atomic mass is 35.5. The molecule has 0 bridgehead atoms. The number of benzene rings is 1. The van der Waals surface area contributed by atoms with Crippen molar-refractivity contribution >= 4 is 34.3 Å². The molecule has 0 aliphatic heterocycles. The molecule has 7 heteroatoms. The Morgan fingerprint density at radius 3 is 2.89 bits per heavy atom. The lowest BCUT2D eigenvalue weighted by atomic mass is 10.2. The molecule has 2 rings (SSSR count). The van der Waals surface area contributed by atoms with Crippen molar-refractivity contribution in [3.63, 3.8) is 0 Å².